The molecule has 170 valence electrons. The Labute approximate surface area is 186 Å². The first-order chi connectivity index (χ1) is 14.5. The smallest absolute Gasteiger partial charge is 0.407 e. The predicted octanol–water partition coefficient (Wildman–Crippen LogP) is 2.21. The van der Waals surface area contributed by atoms with Crippen molar-refractivity contribution >= 4 is 44.5 Å². The molecule has 2 saturated heterocycles. The molecule has 1 N–H and O–H groups in total. The molecule has 9 nitrogen and oxygen atoms in total. The Morgan fingerprint density at radius 3 is 2.71 bits per heavy atom. The van der Waals surface area contributed by atoms with E-state index in [1.165, 1.54) is 11.8 Å². The molecule has 31 heavy (non-hydrogen) atoms. The number of amides is 2. The van der Waals surface area contributed by atoms with Gasteiger partial charge in [-0.3, -0.25) is 4.79 Å². The van der Waals surface area contributed by atoms with Crippen molar-refractivity contribution in [2.24, 2.45) is 4.99 Å². The van der Waals surface area contributed by atoms with Gasteiger partial charge >= 0.3 is 6.09 Å². The molecular formula is C20H27N3O6S2. The number of ether oxygens (including phenoxy) is 2. The highest BCUT2D eigenvalue weighted by Gasteiger charge is 2.49. The molecule has 0 spiro atoms. The highest BCUT2D eigenvalue weighted by molar-refractivity contribution is 8.16. The third kappa shape index (κ3) is 6.13. The lowest BCUT2D eigenvalue weighted by Gasteiger charge is -2.24. The van der Waals surface area contributed by atoms with Crippen LogP contribution in [-0.4, -0.2) is 67.6 Å². The summed E-state index contributed by atoms with van der Waals surface area (Å²) in [5, 5.41) is 2.80. The molecule has 2 fully saturated rings. The molecule has 0 aliphatic carbocycles. The number of rotatable bonds is 5. The molecule has 0 bridgehead atoms. The number of hydrogen-bond acceptors (Lipinski definition) is 7. The van der Waals surface area contributed by atoms with E-state index >= 15 is 0 Å². The summed E-state index contributed by atoms with van der Waals surface area (Å²) < 4.78 is 34.7. The number of hydrogen-bond donors (Lipinski definition) is 1. The lowest BCUT2D eigenvalue weighted by Crippen LogP contribution is -2.37. The molecule has 3 rings (SSSR count). The maximum absolute atomic E-state index is 12.5. The number of alkyl carbamates (subject to hydrolysis) is 1. The van der Waals surface area contributed by atoms with Crippen molar-refractivity contribution in [3.05, 3.63) is 24.3 Å². The molecule has 0 unspecified atom stereocenters. The molecule has 0 aromatic heterocycles. The zero-order valence-corrected chi connectivity index (χ0v) is 19.6. The largest absolute Gasteiger partial charge is 0.497 e. The molecule has 2 amide bonds. The molecule has 2 aliphatic rings. The number of benzene rings is 1. The van der Waals surface area contributed by atoms with E-state index in [4.69, 9.17) is 9.47 Å². The minimum Gasteiger partial charge on any atom is -0.497 e. The highest BCUT2D eigenvalue weighted by Crippen LogP contribution is 2.41. The number of aliphatic imine (C=N–C) groups is 1. The second kappa shape index (κ2) is 9.07. The van der Waals surface area contributed by atoms with Crippen LogP contribution in [0.2, 0.25) is 0 Å². The summed E-state index contributed by atoms with van der Waals surface area (Å²) in [6, 6.07) is 6.92. The summed E-state index contributed by atoms with van der Waals surface area (Å²) in [6.07, 6.45) is -0.593. The fourth-order valence-corrected chi connectivity index (χ4v) is 7.31. The van der Waals surface area contributed by atoms with Crippen molar-refractivity contribution < 1.29 is 27.5 Å². The monoisotopic (exact) mass is 469 g/mol. The van der Waals surface area contributed by atoms with Crippen LogP contribution in [0, 0.1) is 0 Å². The number of thioether (sulfide) groups is 1. The third-order valence-corrected chi connectivity index (χ3v) is 7.84. The number of carbonyl (C=O) groups excluding carboxylic acids is 2. The van der Waals surface area contributed by atoms with Crippen molar-refractivity contribution in [3.8, 4) is 5.75 Å². The number of nitrogens with zero attached hydrogens (tertiary/aromatic N) is 2. The van der Waals surface area contributed by atoms with Crippen LogP contribution in [0.4, 0.5) is 10.5 Å². The first-order valence-corrected chi connectivity index (χ1v) is 12.6. The van der Waals surface area contributed by atoms with E-state index in [0.717, 1.165) is 5.69 Å². The average Bonchev–Trinajstić information content (AvgIpc) is 3.10. The van der Waals surface area contributed by atoms with Crippen LogP contribution in [0.3, 0.4) is 0 Å². The molecule has 0 radical (unpaired) electrons. The zero-order chi connectivity index (χ0) is 22.8. The highest BCUT2D eigenvalue weighted by atomic mass is 32.2. The molecule has 11 heteroatoms. The third-order valence-electron chi connectivity index (χ3n) is 4.63. The van der Waals surface area contributed by atoms with Crippen LogP contribution in [0.15, 0.2) is 29.3 Å². The summed E-state index contributed by atoms with van der Waals surface area (Å²) in [6.45, 7) is 5.36. The lowest BCUT2D eigenvalue weighted by atomic mass is 10.2. The minimum atomic E-state index is -3.15. The SMILES string of the molecule is COc1cccc(N2C(=NC(=O)CCNC(=O)OC(C)(C)C)S[C@H]3CS(=O)(=O)C[C@@H]32)c1. The maximum atomic E-state index is 12.5. The Balaban J connectivity index is 1.73. The van der Waals surface area contributed by atoms with Gasteiger partial charge in [-0.15, -0.1) is 0 Å². The van der Waals surface area contributed by atoms with E-state index in [0.29, 0.717) is 10.9 Å². The summed E-state index contributed by atoms with van der Waals surface area (Å²) in [5.74, 6) is 0.277. The van der Waals surface area contributed by atoms with Crippen molar-refractivity contribution in [1.29, 1.82) is 0 Å². The van der Waals surface area contributed by atoms with Gasteiger partial charge in [0.2, 0.25) is 5.91 Å². The number of anilines is 1. The summed E-state index contributed by atoms with van der Waals surface area (Å²) in [4.78, 5) is 30.2. The van der Waals surface area contributed by atoms with Crippen molar-refractivity contribution in [1.82, 2.24) is 5.32 Å². The van der Waals surface area contributed by atoms with Gasteiger partial charge in [0.05, 0.1) is 24.7 Å². The molecule has 2 aliphatic heterocycles. The minimum absolute atomic E-state index is 0.00286. The van der Waals surface area contributed by atoms with Gasteiger partial charge in [0.15, 0.2) is 15.0 Å². The molecule has 2 heterocycles. The zero-order valence-electron chi connectivity index (χ0n) is 18.0. The Morgan fingerprint density at radius 2 is 2.03 bits per heavy atom. The van der Waals surface area contributed by atoms with Gasteiger partial charge in [0.25, 0.3) is 0 Å². The van der Waals surface area contributed by atoms with Crippen LogP contribution in [0.5, 0.6) is 5.75 Å². The van der Waals surface area contributed by atoms with Gasteiger partial charge in [-0.05, 0) is 32.9 Å². The summed E-state index contributed by atoms with van der Waals surface area (Å²) >= 11 is 1.30. The normalized spacial score (nSPS) is 23.5. The van der Waals surface area contributed by atoms with Crippen LogP contribution < -0.4 is 15.0 Å². The lowest BCUT2D eigenvalue weighted by molar-refractivity contribution is -0.117. The van der Waals surface area contributed by atoms with Crippen LogP contribution in [-0.2, 0) is 19.4 Å². The van der Waals surface area contributed by atoms with E-state index < -0.39 is 27.4 Å². The Bertz CT molecular complexity index is 987. The number of sulfone groups is 1. The standard InChI is InChI=1S/C20H27N3O6S2/c1-20(2,3)29-19(25)21-9-8-17(24)22-18-23(13-6-5-7-14(10-13)28-4)15-11-31(26,27)12-16(15)30-18/h5-7,10,15-16H,8-9,11-12H2,1-4H3,(H,21,25)/t15-,16-/m0/s1. The van der Waals surface area contributed by atoms with Gasteiger partial charge < -0.3 is 19.7 Å². The van der Waals surface area contributed by atoms with Crippen LogP contribution in [0.1, 0.15) is 27.2 Å². The summed E-state index contributed by atoms with van der Waals surface area (Å²) in [7, 11) is -1.60. The number of methoxy groups -OCH3 is 1. The quantitative estimate of drug-likeness (QED) is 0.698. The van der Waals surface area contributed by atoms with Gasteiger partial charge in [-0.2, -0.15) is 4.99 Å². The van der Waals surface area contributed by atoms with E-state index in [1.54, 1.807) is 46.1 Å². The Hall–Kier alpha value is -2.27. The van der Waals surface area contributed by atoms with Crippen LogP contribution >= 0.6 is 11.8 Å². The molecule has 1 aromatic carbocycles. The average molecular weight is 470 g/mol. The van der Waals surface area contributed by atoms with Crippen molar-refractivity contribution in [2.45, 2.75) is 44.1 Å². The molecule has 1 aromatic rings. The van der Waals surface area contributed by atoms with E-state index in [2.05, 4.69) is 10.3 Å². The topological polar surface area (TPSA) is 114 Å². The van der Waals surface area contributed by atoms with E-state index in [-0.39, 0.29) is 35.8 Å². The fourth-order valence-electron chi connectivity index (χ4n) is 3.37. The first kappa shape index (κ1) is 23.4. The Morgan fingerprint density at radius 1 is 1.29 bits per heavy atom. The molecular weight excluding hydrogens is 442 g/mol. The number of fused-ring (bicyclic) bond motifs is 1. The predicted molar refractivity (Wildman–Crippen MR) is 121 cm³/mol. The molecule has 0 saturated carbocycles. The maximum Gasteiger partial charge on any atom is 0.407 e. The van der Waals surface area contributed by atoms with Gasteiger partial charge in [0.1, 0.15) is 11.4 Å². The summed E-state index contributed by atoms with van der Waals surface area (Å²) in [5.41, 5.74) is 0.0966. The molecule has 2 atom stereocenters. The van der Waals surface area contributed by atoms with Gasteiger partial charge in [0, 0.05) is 30.0 Å². The number of amidine groups is 1. The van der Waals surface area contributed by atoms with Gasteiger partial charge in [-0.25, -0.2) is 13.2 Å². The second-order valence-corrected chi connectivity index (χ2v) is 11.7. The van der Waals surface area contributed by atoms with Gasteiger partial charge in [-0.1, -0.05) is 17.8 Å². The van der Waals surface area contributed by atoms with Crippen LogP contribution in [0.25, 0.3) is 0 Å². The van der Waals surface area contributed by atoms with E-state index in [9.17, 15) is 18.0 Å². The number of nitrogens with one attached hydrogen (secondary N) is 1. The van der Waals surface area contributed by atoms with Crippen molar-refractivity contribution in [3.63, 3.8) is 0 Å². The van der Waals surface area contributed by atoms with Crippen molar-refractivity contribution in [2.75, 3.05) is 30.1 Å². The first-order valence-electron chi connectivity index (χ1n) is 9.86. The number of carbonyl (C=O) groups is 2. The second-order valence-electron chi connectivity index (χ2n) is 8.34. The fraction of sp³-hybridized carbons (Fsp3) is 0.550. The van der Waals surface area contributed by atoms with E-state index in [1.807, 2.05) is 11.0 Å². The Kier molecular flexibility index (Phi) is 6.85.